The average molecular weight is 413 g/mol. The summed E-state index contributed by atoms with van der Waals surface area (Å²) in [5, 5.41) is 2.00. The number of benzene rings is 2. The number of hydrogen-bond acceptors (Lipinski definition) is 5. The molecular weight excluding hydrogens is 388 g/mol. The number of aryl methyl sites for hydroxylation is 1. The summed E-state index contributed by atoms with van der Waals surface area (Å²) in [6.45, 7) is 2.10. The fourth-order valence-corrected chi connectivity index (χ4v) is 4.82. The number of hydrogen-bond donors (Lipinski definition) is 2. The molecule has 0 radical (unpaired) electrons. The van der Waals surface area contributed by atoms with Crippen LogP contribution in [0.3, 0.4) is 0 Å². The van der Waals surface area contributed by atoms with Crippen molar-refractivity contribution in [1.82, 2.24) is 19.9 Å². The van der Waals surface area contributed by atoms with E-state index in [0.717, 1.165) is 49.6 Å². The molecular formula is C21H24N4OS2. The number of nitrogens with zero attached hydrogens (tertiary/aromatic N) is 2. The van der Waals surface area contributed by atoms with Gasteiger partial charge in [0.1, 0.15) is 5.75 Å². The van der Waals surface area contributed by atoms with Crippen molar-refractivity contribution in [1.29, 1.82) is 0 Å². The molecule has 0 spiro atoms. The number of imidazole rings is 2. The molecule has 2 heterocycles. The average Bonchev–Trinajstić information content (AvgIpc) is 3.29. The molecule has 4 rings (SSSR count). The summed E-state index contributed by atoms with van der Waals surface area (Å²) in [5.74, 6) is 3.02. The highest BCUT2D eigenvalue weighted by atomic mass is 32.2. The van der Waals surface area contributed by atoms with Crippen LogP contribution in [-0.2, 0) is 0 Å². The summed E-state index contributed by atoms with van der Waals surface area (Å²) in [4.78, 5) is 16.0. The first-order chi connectivity index (χ1) is 13.7. The molecule has 0 aliphatic rings. The van der Waals surface area contributed by atoms with Crippen molar-refractivity contribution in [3.8, 4) is 5.75 Å². The van der Waals surface area contributed by atoms with Crippen LogP contribution in [-0.4, -0.2) is 38.6 Å². The number of methoxy groups -OCH3 is 1. The van der Waals surface area contributed by atoms with Gasteiger partial charge in [-0.3, -0.25) is 0 Å². The number of aromatic nitrogens is 4. The molecule has 0 bridgehead atoms. The van der Waals surface area contributed by atoms with Crippen molar-refractivity contribution < 1.29 is 4.74 Å². The van der Waals surface area contributed by atoms with E-state index in [0.29, 0.717) is 0 Å². The lowest BCUT2D eigenvalue weighted by Crippen LogP contribution is -1.86. The van der Waals surface area contributed by atoms with Crippen molar-refractivity contribution in [2.75, 3.05) is 18.6 Å². The van der Waals surface area contributed by atoms with Crippen LogP contribution in [0.5, 0.6) is 5.75 Å². The summed E-state index contributed by atoms with van der Waals surface area (Å²) in [6.07, 6.45) is 3.59. The highest BCUT2D eigenvalue weighted by Gasteiger charge is 2.05. The Bertz CT molecular complexity index is 1070. The maximum atomic E-state index is 5.26. The van der Waals surface area contributed by atoms with E-state index in [-0.39, 0.29) is 0 Å². The van der Waals surface area contributed by atoms with Gasteiger partial charge in [-0.25, -0.2) is 9.97 Å². The standard InChI is InChI=1S/C21H24N4OS2/c1-14-6-8-16-18(12-14)24-20(22-16)27-10-4-3-5-11-28-21-23-17-9-7-15(26-2)13-19(17)25-21/h6-9,12-13H,3-5,10-11H2,1-2H3,(H,22,24)(H,23,25). The zero-order valence-corrected chi connectivity index (χ0v) is 17.8. The third-order valence-corrected chi connectivity index (χ3v) is 6.47. The molecule has 0 aliphatic carbocycles. The maximum Gasteiger partial charge on any atom is 0.166 e. The van der Waals surface area contributed by atoms with E-state index in [1.54, 1.807) is 18.9 Å². The molecule has 0 fully saturated rings. The minimum absolute atomic E-state index is 0.852. The molecule has 0 saturated carbocycles. The Balaban J connectivity index is 1.17. The predicted molar refractivity (Wildman–Crippen MR) is 119 cm³/mol. The van der Waals surface area contributed by atoms with Crippen LogP contribution in [0.15, 0.2) is 46.7 Å². The van der Waals surface area contributed by atoms with Gasteiger partial charge in [0.05, 0.1) is 29.2 Å². The quantitative estimate of drug-likeness (QED) is 0.268. The molecule has 28 heavy (non-hydrogen) atoms. The lowest BCUT2D eigenvalue weighted by atomic mass is 10.2. The van der Waals surface area contributed by atoms with Crippen molar-refractivity contribution in [3.63, 3.8) is 0 Å². The SMILES string of the molecule is COc1ccc2nc(SCCCCCSc3nc4ccc(C)cc4[nH]3)[nH]c2c1. The number of fused-ring (bicyclic) bond motifs is 2. The maximum absolute atomic E-state index is 5.26. The van der Waals surface area contributed by atoms with Crippen LogP contribution in [0.1, 0.15) is 24.8 Å². The molecule has 2 aromatic heterocycles. The summed E-state index contributed by atoms with van der Waals surface area (Å²) in [5.41, 5.74) is 5.45. The minimum Gasteiger partial charge on any atom is -0.497 e. The number of rotatable bonds is 9. The third-order valence-electron chi connectivity index (χ3n) is 4.55. The predicted octanol–water partition coefficient (Wildman–Crippen LogP) is 5.81. The van der Waals surface area contributed by atoms with Crippen LogP contribution >= 0.6 is 23.5 Å². The van der Waals surface area contributed by atoms with Crippen LogP contribution in [0.25, 0.3) is 22.1 Å². The van der Waals surface area contributed by atoms with E-state index >= 15 is 0 Å². The second kappa shape index (κ2) is 8.92. The number of unbranched alkanes of at least 4 members (excludes halogenated alkanes) is 2. The second-order valence-corrected chi connectivity index (χ2v) is 8.91. The van der Waals surface area contributed by atoms with Gasteiger partial charge in [-0.15, -0.1) is 0 Å². The normalized spacial score (nSPS) is 11.5. The van der Waals surface area contributed by atoms with E-state index in [4.69, 9.17) is 4.74 Å². The van der Waals surface area contributed by atoms with Crippen LogP contribution < -0.4 is 4.74 Å². The second-order valence-electron chi connectivity index (χ2n) is 6.75. The molecule has 146 valence electrons. The fraction of sp³-hybridized carbons (Fsp3) is 0.333. The van der Waals surface area contributed by atoms with Gasteiger partial charge in [0, 0.05) is 17.6 Å². The Labute approximate surface area is 173 Å². The molecule has 0 saturated heterocycles. The largest absolute Gasteiger partial charge is 0.497 e. The fourth-order valence-electron chi connectivity index (χ4n) is 3.05. The zero-order chi connectivity index (χ0) is 19.3. The number of ether oxygens (including phenoxy) is 1. The smallest absolute Gasteiger partial charge is 0.166 e. The van der Waals surface area contributed by atoms with Crippen molar-refractivity contribution in [2.45, 2.75) is 36.5 Å². The lowest BCUT2D eigenvalue weighted by Gasteiger charge is -1.99. The van der Waals surface area contributed by atoms with E-state index in [1.165, 1.54) is 24.8 Å². The van der Waals surface area contributed by atoms with Crippen LogP contribution in [0, 0.1) is 6.92 Å². The van der Waals surface area contributed by atoms with Crippen LogP contribution in [0.4, 0.5) is 0 Å². The van der Waals surface area contributed by atoms with Gasteiger partial charge >= 0.3 is 0 Å². The molecule has 0 amide bonds. The summed E-state index contributed by atoms with van der Waals surface area (Å²) >= 11 is 3.59. The number of aromatic amines is 2. The third kappa shape index (κ3) is 4.64. The first-order valence-electron chi connectivity index (χ1n) is 9.47. The molecule has 2 aromatic carbocycles. The van der Waals surface area contributed by atoms with Gasteiger partial charge in [-0.05, 0) is 49.6 Å². The van der Waals surface area contributed by atoms with Gasteiger partial charge in [0.25, 0.3) is 0 Å². The Hall–Kier alpha value is -2.12. The van der Waals surface area contributed by atoms with Gasteiger partial charge in [0.2, 0.25) is 0 Å². The summed E-state index contributed by atoms with van der Waals surface area (Å²) in [7, 11) is 1.68. The highest BCUT2D eigenvalue weighted by molar-refractivity contribution is 7.99. The Kier molecular flexibility index (Phi) is 6.12. The first-order valence-corrected chi connectivity index (χ1v) is 11.4. The van der Waals surface area contributed by atoms with Crippen LogP contribution in [0.2, 0.25) is 0 Å². The molecule has 5 nitrogen and oxygen atoms in total. The topological polar surface area (TPSA) is 66.6 Å². The summed E-state index contributed by atoms with van der Waals surface area (Å²) < 4.78 is 5.26. The van der Waals surface area contributed by atoms with E-state index in [1.807, 2.05) is 30.0 Å². The summed E-state index contributed by atoms with van der Waals surface area (Å²) in [6, 6.07) is 12.3. The lowest BCUT2D eigenvalue weighted by molar-refractivity contribution is 0.415. The van der Waals surface area contributed by atoms with Crippen molar-refractivity contribution in [3.05, 3.63) is 42.0 Å². The first kappa shape index (κ1) is 19.2. The molecule has 7 heteroatoms. The van der Waals surface area contributed by atoms with Crippen molar-refractivity contribution >= 4 is 45.6 Å². The van der Waals surface area contributed by atoms with Gasteiger partial charge in [-0.1, -0.05) is 36.0 Å². The number of nitrogens with one attached hydrogen (secondary N) is 2. The molecule has 0 aliphatic heterocycles. The van der Waals surface area contributed by atoms with Crippen molar-refractivity contribution in [2.24, 2.45) is 0 Å². The van der Waals surface area contributed by atoms with E-state index in [2.05, 4.69) is 45.1 Å². The van der Waals surface area contributed by atoms with Gasteiger partial charge in [-0.2, -0.15) is 0 Å². The Morgan fingerprint density at radius 3 is 2.07 bits per heavy atom. The Morgan fingerprint density at radius 1 is 0.821 bits per heavy atom. The number of H-pyrrole nitrogens is 2. The molecule has 0 atom stereocenters. The zero-order valence-electron chi connectivity index (χ0n) is 16.1. The molecule has 2 N–H and O–H groups in total. The van der Waals surface area contributed by atoms with Gasteiger partial charge in [0.15, 0.2) is 10.3 Å². The van der Waals surface area contributed by atoms with E-state index in [9.17, 15) is 0 Å². The molecule has 0 unspecified atom stereocenters. The highest BCUT2D eigenvalue weighted by Crippen LogP contribution is 2.25. The Morgan fingerprint density at radius 2 is 1.43 bits per heavy atom. The molecule has 4 aromatic rings. The van der Waals surface area contributed by atoms with Gasteiger partial charge < -0.3 is 14.7 Å². The minimum atomic E-state index is 0.852. The number of thioether (sulfide) groups is 2. The van der Waals surface area contributed by atoms with E-state index < -0.39 is 0 Å². The monoisotopic (exact) mass is 412 g/mol.